The topological polar surface area (TPSA) is 60.9 Å². The van der Waals surface area contributed by atoms with E-state index in [1.807, 2.05) is 80.5 Å². The van der Waals surface area contributed by atoms with Gasteiger partial charge in [-0.3, -0.25) is 14.4 Å². The predicted octanol–water partition coefficient (Wildman–Crippen LogP) is 5.43. The molecule has 3 radical (unpaired) electrons. The fraction of sp³-hybridized carbons (Fsp3) is 0.750. The molecule has 1 heterocycles. The van der Waals surface area contributed by atoms with Crippen LogP contribution in [0.15, 0.2) is 24.4 Å². The summed E-state index contributed by atoms with van der Waals surface area (Å²) in [6.45, 7) is 18.3. The molecule has 2 atom stereocenters. The van der Waals surface area contributed by atoms with Gasteiger partial charge in [0.05, 0.1) is 18.9 Å². The van der Waals surface area contributed by atoms with Gasteiger partial charge in [-0.15, -0.1) is 0 Å². The Morgan fingerprint density at radius 3 is 1.96 bits per heavy atom. The summed E-state index contributed by atoms with van der Waals surface area (Å²) >= 11 is 0. The largest absolute Gasteiger partial charge is 0.350 e. The second-order valence-electron chi connectivity index (χ2n) is 8.61. The summed E-state index contributed by atoms with van der Waals surface area (Å²) in [4.78, 5) is 10.8. The van der Waals surface area contributed by atoms with Gasteiger partial charge in [-0.1, -0.05) is 26.8 Å². The highest BCUT2D eigenvalue weighted by Crippen LogP contribution is 2.61. The SMILES string of the molecule is CCOP(=O)(OCC)C(N(OC(C)c1ccccn1)C(C)(C)C)C(C)(C)C.[B]. The fourth-order valence-corrected chi connectivity index (χ4v) is 5.60. The van der Waals surface area contributed by atoms with E-state index < -0.39 is 24.3 Å². The summed E-state index contributed by atoms with van der Waals surface area (Å²) in [5, 5.41) is 1.79. The van der Waals surface area contributed by atoms with E-state index in [9.17, 15) is 4.57 Å². The number of hydroxylamine groups is 2. The maximum atomic E-state index is 13.8. The maximum absolute atomic E-state index is 13.8. The zero-order valence-corrected chi connectivity index (χ0v) is 19.8. The minimum absolute atomic E-state index is 0. The summed E-state index contributed by atoms with van der Waals surface area (Å²) < 4.78 is 25.2. The van der Waals surface area contributed by atoms with Gasteiger partial charge in [0.1, 0.15) is 11.9 Å². The third-order valence-corrected chi connectivity index (χ3v) is 6.77. The Morgan fingerprint density at radius 2 is 1.61 bits per heavy atom. The van der Waals surface area contributed by atoms with Crippen molar-refractivity contribution in [2.75, 3.05) is 13.2 Å². The number of rotatable bonds is 9. The molecule has 28 heavy (non-hydrogen) atoms. The molecule has 0 spiro atoms. The second-order valence-corrected chi connectivity index (χ2v) is 10.7. The highest BCUT2D eigenvalue weighted by atomic mass is 31.2. The van der Waals surface area contributed by atoms with Crippen molar-refractivity contribution in [3.8, 4) is 0 Å². The van der Waals surface area contributed by atoms with Crippen LogP contribution < -0.4 is 0 Å². The summed E-state index contributed by atoms with van der Waals surface area (Å²) in [7, 11) is -3.47. The first-order valence-corrected chi connectivity index (χ1v) is 11.2. The smallest absolute Gasteiger partial charge is 0.308 e. The lowest BCUT2D eigenvalue weighted by molar-refractivity contribution is -0.265. The van der Waals surface area contributed by atoms with Crippen molar-refractivity contribution in [1.29, 1.82) is 0 Å². The van der Waals surface area contributed by atoms with Crippen molar-refractivity contribution in [3.63, 3.8) is 0 Å². The molecule has 0 amide bonds. The van der Waals surface area contributed by atoms with Gasteiger partial charge in [-0.2, -0.15) is 5.06 Å². The van der Waals surface area contributed by atoms with Crippen molar-refractivity contribution in [2.45, 2.75) is 79.7 Å². The maximum Gasteiger partial charge on any atom is 0.350 e. The molecule has 8 heteroatoms. The third kappa shape index (κ3) is 7.27. The van der Waals surface area contributed by atoms with E-state index in [1.54, 1.807) is 11.3 Å². The molecule has 6 nitrogen and oxygen atoms in total. The Labute approximate surface area is 173 Å². The molecule has 0 aliphatic heterocycles. The molecule has 1 aromatic rings. The van der Waals surface area contributed by atoms with Crippen LogP contribution in [-0.2, 0) is 18.5 Å². The van der Waals surface area contributed by atoms with Crippen molar-refractivity contribution in [3.05, 3.63) is 30.1 Å². The third-order valence-electron chi connectivity index (χ3n) is 3.95. The van der Waals surface area contributed by atoms with Crippen molar-refractivity contribution in [1.82, 2.24) is 10.0 Å². The number of nitrogens with zero attached hydrogens (tertiary/aromatic N) is 2. The summed E-state index contributed by atoms with van der Waals surface area (Å²) in [6, 6.07) is 5.71. The van der Waals surface area contributed by atoms with Crippen LogP contribution in [0.25, 0.3) is 0 Å². The van der Waals surface area contributed by atoms with Gasteiger partial charge in [0.25, 0.3) is 0 Å². The molecule has 0 aromatic carbocycles. The lowest BCUT2D eigenvalue weighted by Crippen LogP contribution is -2.53. The van der Waals surface area contributed by atoms with Crippen LogP contribution in [0.5, 0.6) is 0 Å². The Kier molecular flexibility index (Phi) is 10.6. The Bertz CT molecular complexity index is 607. The van der Waals surface area contributed by atoms with E-state index >= 15 is 0 Å². The fourth-order valence-electron chi connectivity index (χ4n) is 2.92. The monoisotopic (exact) mass is 411 g/mol. The second kappa shape index (κ2) is 10.9. The highest BCUT2D eigenvalue weighted by Gasteiger charge is 2.51. The van der Waals surface area contributed by atoms with Gasteiger partial charge in [-0.05, 0) is 59.1 Å². The van der Waals surface area contributed by atoms with E-state index in [0.717, 1.165) is 5.69 Å². The first-order valence-electron chi connectivity index (χ1n) is 9.62. The lowest BCUT2D eigenvalue weighted by atomic mass is 9.94. The molecule has 0 aliphatic carbocycles. The zero-order valence-electron chi connectivity index (χ0n) is 18.9. The van der Waals surface area contributed by atoms with Crippen LogP contribution in [-0.4, -0.2) is 43.0 Å². The van der Waals surface area contributed by atoms with Gasteiger partial charge in [-0.25, -0.2) is 0 Å². The van der Waals surface area contributed by atoms with Gasteiger partial charge in [0.2, 0.25) is 0 Å². The van der Waals surface area contributed by atoms with Crippen molar-refractivity contribution < 1.29 is 18.5 Å². The minimum Gasteiger partial charge on any atom is -0.308 e. The van der Waals surface area contributed by atoms with E-state index in [1.165, 1.54) is 0 Å². The molecule has 0 saturated heterocycles. The Hall–Kier alpha value is -0.715. The molecule has 0 saturated carbocycles. The molecule has 2 unspecified atom stereocenters. The average Bonchev–Trinajstić information content (AvgIpc) is 2.53. The normalized spacial score (nSPS) is 15.2. The Balaban J connectivity index is 0.00000729. The van der Waals surface area contributed by atoms with Crippen LogP contribution in [0, 0.1) is 5.41 Å². The molecular formula is C20H37BN2O4P. The van der Waals surface area contributed by atoms with Crippen LogP contribution in [0.2, 0.25) is 0 Å². The first-order chi connectivity index (χ1) is 12.4. The zero-order chi connectivity index (χ0) is 20.9. The number of pyridine rings is 1. The summed E-state index contributed by atoms with van der Waals surface area (Å²) in [6.07, 6.45) is 1.43. The van der Waals surface area contributed by atoms with Gasteiger partial charge in [0, 0.05) is 20.1 Å². The van der Waals surface area contributed by atoms with Crippen LogP contribution in [0.4, 0.5) is 0 Å². The quantitative estimate of drug-likeness (QED) is 0.307. The van der Waals surface area contributed by atoms with E-state index in [0.29, 0.717) is 13.2 Å². The number of aromatic nitrogens is 1. The van der Waals surface area contributed by atoms with Crippen LogP contribution in [0.3, 0.4) is 0 Å². The predicted molar refractivity (Wildman–Crippen MR) is 115 cm³/mol. The standard InChI is InChI=1S/C20H37N2O4P.B/c1-10-24-27(23,25-11-2)18(19(4,5)6)22(20(7,8)9)26-16(3)17-14-12-13-15-21-17;/h12-16,18H,10-11H2,1-9H3;. The highest BCUT2D eigenvalue weighted by molar-refractivity contribution is 7.54. The van der Waals surface area contributed by atoms with E-state index in [4.69, 9.17) is 13.9 Å². The first kappa shape index (κ1) is 27.3. The summed E-state index contributed by atoms with van der Waals surface area (Å²) in [5.74, 6) is -0.587. The van der Waals surface area contributed by atoms with Gasteiger partial charge < -0.3 is 9.05 Å². The molecule has 0 aliphatic rings. The molecule has 0 bridgehead atoms. The van der Waals surface area contributed by atoms with Crippen molar-refractivity contribution in [2.24, 2.45) is 5.41 Å². The van der Waals surface area contributed by atoms with Crippen LogP contribution >= 0.6 is 7.60 Å². The van der Waals surface area contributed by atoms with Crippen molar-refractivity contribution >= 4 is 16.0 Å². The number of hydrogen-bond donors (Lipinski definition) is 0. The van der Waals surface area contributed by atoms with Crippen LogP contribution in [0.1, 0.15) is 74.1 Å². The molecule has 0 N–H and O–H groups in total. The number of hydrogen-bond acceptors (Lipinski definition) is 6. The molecule has 1 rings (SSSR count). The molecule has 159 valence electrons. The Morgan fingerprint density at radius 1 is 1.07 bits per heavy atom. The lowest BCUT2D eigenvalue weighted by Gasteiger charge is -2.48. The molecule has 0 fully saturated rings. The van der Waals surface area contributed by atoms with Gasteiger partial charge >= 0.3 is 7.60 Å². The average molecular weight is 411 g/mol. The molecular weight excluding hydrogens is 374 g/mol. The summed E-state index contributed by atoms with van der Waals surface area (Å²) in [5.41, 5.74) is -0.0518. The minimum atomic E-state index is -3.47. The van der Waals surface area contributed by atoms with E-state index in [2.05, 4.69) is 4.98 Å². The van der Waals surface area contributed by atoms with Gasteiger partial charge in [0.15, 0.2) is 0 Å². The van der Waals surface area contributed by atoms with E-state index in [-0.39, 0.29) is 14.5 Å². The molecule has 1 aromatic heterocycles.